The molecule has 1 heteroatoms. The summed E-state index contributed by atoms with van der Waals surface area (Å²) in [4.78, 5) is 2.59. The zero-order valence-corrected chi connectivity index (χ0v) is 8.32. The predicted molar refractivity (Wildman–Crippen MR) is 58.2 cm³/mol. The molecule has 0 amide bonds. The van der Waals surface area contributed by atoms with Gasteiger partial charge in [-0.3, -0.25) is 4.90 Å². The second-order valence-corrected chi connectivity index (χ2v) is 4.17. The van der Waals surface area contributed by atoms with Gasteiger partial charge < -0.3 is 0 Å². The van der Waals surface area contributed by atoms with Gasteiger partial charge in [-0.2, -0.15) is 0 Å². The Morgan fingerprint density at radius 1 is 1.14 bits per heavy atom. The van der Waals surface area contributed by atoms with Crippen molar-refractivity contribution in [2.24, 2.45) is 0 Å². The molecule has 1 atom stereocenters. The van der Waals surface area contributed by atoms with Crippen molar-refractivity contribution in [2.75, 3.05) is 13.1 Å². The SMILES string of the molecule is C1=CCN2CCc3ccccc3C2C1. The van der Waals surface area contributed by atoms with Crippen molar-refractivity contribution in [3.8, 4) is 0 Å². The summed E-state index contributed by atoms with van der Waals surface area (Å²) in [5.41, 5.74) is 3.12. The van der Waals surface area contributed by atoms with Gasteiger partial charge in [0.2, 0.25) is 0 Å². The zero-order chi connectivity index (χ0) is 9.38. The second-order valence-electron chi connectivity index (χ2n) is 4.17. The Balaban J connectivity index is 2.04. The number of rotatable bonds is 0. The van der Waals surface area contributed by atoms with E-state index in [-0.39, 0.29) is 0 Å². The van der Waals surface area contributed by atoms with E-state index in [9.17, 15) is 0 Å². The Hall–Kier alpha value is -1.08. The molecule has 0 spiro atoms. The lowest BCUT2D eigenvalue weighted by molar-refractivity contribution is 0.198. The molecular formula is C13H15N. The van der Waals surface area contributed by atoms with Crippen LogP contribution < -0.4 is 0 Å². The monoisotopic (exact) mass is 185 g/mol. The van der Waals surface area contributed by atoms with E-state index >= 15 is 0 Å². The molecule has 1 aromatic rings. The van der Waals surface area contributed by atoms with E-state index < -0.39 is 0 Å². The van der Waals surface area contributed by atoms with Crippen LogP contribution in [0.15, 0.2) is 36.4 Å². The van der Waals surface area contributed by atoms with Gasteiger partial charge in [0.05, 0.1) is 0 Å². The van der Waals surface area contributed by atoms with E-state index in [1.54, 1.807) is 11.1 Å². The molecule has 0 bridgehead atoms. The molecule has 1 unspecified atom stereocenters. The third kappa shape index (κ3) is 1.20. The number of fused-ring (bicyclic) bond motifs is 3. The van der Waals surface area contributed by atoms with Crippen LogP contribution in [0.4, 0.5) is 0 Å². The van der Waals surface area contributed by atoms with Crippen molar-refractivity contribution in [3.63, 3.8) is 0 Å². The highest BCUT2D eigenvalue weighted by atomic mass is 15.2. The fraction of sp³-hybridized carbons (Fsp3) is 0.385. The van der Waals surface area contributed by atoms with Crippen molar-refractivity contribution in [1.82, 2.24) is 4.90 Å². The van der Waals surface area contributed by atoms with Gasteiger partial charge in [-0.1, -0.05) is 36.4 Å². The van der Waals surface area contributed by atoms with Gasteiger partial charge >= 0.3 is 0 Å². The molecule has 14 heavy (non-hydrogen) atoms. The Morgan fingerprint density at radius 2 is 2.07 bits per heavy atom. The van der Waals surface area contributed by atoms with Crippen LogP contribution in [-0.4, -0.2) is 18.0 Å². The molecule has 72 valence electrons. The van der Waals surface area contributed by atoms with E-state index in [0.717, 1.165) is 6.54 Å². The number of hydrogen-bond donors (Lipinski definition) is 0. The Bertz CT molecular complexity index is 367. The van der Waals surface area contributed by atoms with E-state index in [4.69, 9.17) is 0 Å². The van der Waals surface area contributed by atoms with E-state index in [0.29, 0.717) is 6.04 Å². The molecule has 0 fully saturated rings. The summed E-state index contributed by atoms with van der Waals surface area (Å²) < 4.78 is 0. The van der Waals surface area contributed by atoms with Crippen molar-refractivity contribution in [1.29, 1.82) is 0 Å². The number of nitrogens with zero attached hydrogens (tertiary/aromatic N) is 1. The molecule has 1 aromatic carbocycles. The molecule has 0 saturated carbocycles. The van der Waals surface area contributed by atoms with Crippen LogP contribution in [0.25, 0.3) is 0 Å². The molecule has 3 rings (SSSR count). The first-order chi connectivity index (χ1) is 6.95. The average Bonchev–Trinajstić information content (AvgIpc) is 2.29. The molecule has 2 heterocycles. The third-order valence-electron chi connectivity index (χ3n) is 3.39. The maximum absolute atomic E-state index is 2.59. The molecule has 0 N–H and O–H groups in total. The first kappa shape index (κ1) is 8.25. The highest BCUT2D eigenvalue weighted by Gasteiger charge is 2.26. The summed E-state index contributed by atoms with van der Waals surface area (Å²) in [5.74, 6) is 0. The van der Waals surface area contributed by atoms with Gasteiger partial charge in [0, 0.05) is 19.1 Å². The quantitative estimate of drug-likeness (QED) is 0.561. The Labute approximate surface area is 85.0 Å². The molecule has 1 nitrogen and oxygen atoms in total. The van der Waals surface area contributed by atoms with Crippen LogP contribution >= 0.6 is 0 Å². The summed E-state index contributed by atoms with van der Waals surface area (Å²) in [6.07, 6.45) is 7.03. The van der Waals surface area contributed by atoms with Crippen molar-refractivity contribution >= 4 is 0 Å². The summed E-state index contributed by atoms with van der Waals surface area (Å²) >= 11 is 0. The Morgan fingerprint density at radius 3 is 3.07 bits per heavy atom. The van der Waals surface area contributed by atoms with E-state index in [2.05, 4.69) is 41.3 Å². The van der Waals surface area contributed by atoms with Crippen molar-refractivity contribution in [3.05, 3.63) is 47.5 Å². The highest BCUT2D eigenvalue weighted by molar-refractivity contribution is 5.33. The number of benzene rings is 1. The molecule has 0 aromatic heterocycles. The van der Waals surface area contributed by atoms with E-state index in [1.165, 1.54) is 19.4 Å². The van der Waals surface area contributed by atoms with Crippen LogP contribution in [-0.2, 0) is 6.42 Å². The summed E-state index contributed by atoms with van der Waals surface area (Å²) in [6.45, 7) is 2.37. The van der Waals surface area contributed by atoms with E-state index in [1.807, 2.05) is 0 Å². The molecule has 2 aliphatic rings. The molecule has 0 saturated heterocycles. The maximum Gasteiger partial charge on any atom is 0.0388 e. The lowest BCUT2D eigenvalue weighted by atomic mass is 9.89. The van der Waals surface area contributed by atoms with Crippen LogP contribution in [0.5, 0.6) is 0 Å². The van der Waals surface area contributed by atoms with Gasteiger partial charge in [-0.15, -0.1) is 0 Å². The smallest absolute Gasteiger partial charge is 0.0388 e. The largest absolute Gasteiger partial charge is 0.292 e. The molecule has 2 aliphatic heterocycles. The highest BCUT2D eigenvalue weighted by Crippen LogP contribution is 2.33. The van der Waals surface area contributed by atoms with Gasteiger partial charge in [-0.05, 0) is 24.0 Å². The predicted octanol–water partition coefficient (Wildman–Crippen LogP) is 2.55. The normalized spacial score (nSPS) is 25.6. The number of hydrogen-bond acceptors (Lipinski definition) is 1. The lowest BCUT2D eigenvalue weighted by Crippen LogP contribution is -2.36. The van der Waals surface area contributed by atoms with Crippen LogP contribution in [0.2, 0.25) is 0 Å². The van der Waals surface area contributed by atoms with Crippen LogP contribution in [0, 0.1) is 0 Å². The summed E-state index contributed by atoms with van der Waals surface area (Å²) in [6, 6.07) is 9.56. The molecular weight excluding hydrogens is 170 g/mol. The molecule has 0 radical (unpaired) electrons. The average molecular weight is 185 g/mol. The third-order valence-corrected chi connectivity index (χ3v) is 3.39. The minimum atomic E-state index is 0.657. The molecule has 0 aliphatic carbocycles. The first-order valence-electron chi connectivity index (χ1n) is 5.42. The van der Waals surface area contributed by atoms with Gasteiger partial charge in [0.15, 0.2) is 0 Å². The topological polar surface area (TPSA) is 3.24 Å². The summed E-state index contributed by atoms with van der Waals surface area (Å²) in [7, 11) is 0. The Kier molecular flexibility index (Phi) is 1.91. The van der Waals surface area contributed by atoms with Crippen molar-refractivity contribution in [2.45, 2.75) is 18.9 Å². The van der Waals surface area contributed by atoms with Crippen LogP contribution in [0.1, 0.15) is 23.6 Å². The zero-order valence-electron chi connectivity index (χ0n) is 8.32. The van der Waals surface area contributed by atoms with Gasteiger partial charge in [-0.25, -0.2) is 0 Å². The fourth-order valence-electron chi connectivity index (χ4n) is 2.63. The fourth-order valence-corrected chi connectivity index (χ4v) is 2.63. The van der Waals surface area contributed by atoms with Crippen molar-refractivity contribution < 1.29 is 0 Å². The lowest BCUT2D eigenvalue weighted by Gasteiger charge is -2.38. The standard InChI is InChI=1S/C13H15N/c1-2-6-12-11(5-1)8-10-14-9-4-3-7-13(12)14/h1-6,13H,7-10H2. The summed E-state index contributed by atoms with van der Waals surface area (Å²) in [5, 5.41) is 0. The minimum absolute atomic E-state index is 0.657. The maximum atomic E-state index is 2.59. The van der Waals surface area contributed by atoms with Gasteiger partial charge in [0.1, 0.15) is 0 Å². The second kappa shape index (κ2) is 3.25. The van der Waals surface area contributed by atoms with Crippen LogP contribution in [0.3, 0.4) is 0 Å². The van der Waals surface area contributed by atoms with Gasteiger partial charge in [0.25, 0.3) is 0 Å². The first-order valence-corrected chi connectivity index (χ1v) is 5.42. The minimum Gasteiger partial charge on any atom is -0.292 e.